The maximum Gasteiger partial charge on any atom is 0.312 e. The van der Waals surface area contributed by atoms with Gasteiger partial charge in [-0.25, -0.2) is 0 Å². The van der Waals surface area contributed by atoms with Gasteiger partial charge >= 0.3 is 5.97 Å². The number of fused-ring (bicyclic) bond motifs is 7. The summed E-state index contributed by atoms with van der Waals surface area (Å²) in [5, 5.41) is 10.9. The first kappa shape index (κ1) is 26.1. The van der Waals surface area contributed by atoms with Gasteiger partial charge in [-0.1, -0.05) is 60.1 Å². The Morgan fingerprint density at radius 3 is 2.29 bits per heavy atom. The van der Waals surface area contributed by atoms with Crippen LogP contribution in [0, 0.1) is 50.2 Å². The molecular weight excluding hydrogens is 456 g/mol. The van der Waals surface area contributed by atoms with E-state index in [0.29, 0.717) is 11.8 Å². The SMILES string of the molecule is COC(=O)[C@]12CCC(C)(C)C[C@H]1C1=CC[C@@H]3[C@@]4(C)C[C@@H](Cl)[C@H](O)C(C)(C)[C@@H]4CC[C@@]3(C)[C@]1(C)CC2. The van der Waals surface area contributed by atoms with Gasteiger partial charge in [0.15, 0.2) is 0 Å². The third-order valence-corrected chi connectivity index (χ3v) is 13.5. The third kappa shape index (κ3) is 3.22. The van der Waals surface area contributed by atoms with Crippen molar-refractivity contribution in [3.8, 4) is 0 Å². The van der Waals surface area contributed by atoms with Crippen LogP contribution in [0.15, 0.2) is 11.6 Å². The van der Waals surface area contributed by atoms with Crippen molar-refractivity contribution in [1.82, 2.24) is 0 Å². The normalized spacial score (nSPS) is 52.2. The van der Waals surface area contributed by atoms with E-state index in [0.717, 1.165) is 51.4 Å². The topological polar surface area (TPSA) is 46.5 Å². The Morgan fingerprint density at radius 2 is 1.63 bits per heavy atom. The van der Waals surface area contributed by atoms with E-state index in [2.05, 4.69) is 54.5 Å². The number of hydrogen-bond acceptors (Lipinski definition) is 3. The predicted octanol–water partition coefficient (Wildman–Crippen LogP) is 7.54. The maximum absolute atomic E-state index is 13.4. The number of methoxy groups -OCH3 is 1. The number of alkyl halides is 1. The molecule has 4 heteroatoms. The van der Waals surface area contributed by atoms with Crippen LogP contribution in [0.4, 0.5) is 0 Å². The number of allylic oxidation sites excluding steroid dienone is 2. The average molecular weight is 505 g/mol. The van der Waals surface area contributed by atoms with E-state index in [1.54, 1.807) is 12.7 Å². The molecule has 5 aliphatic carbocycles. The standard InChI is InChI=1S/C31H49ClO3/c1-26(2)13-15-31(25(34)35-8)16-14-29(6)19(20(31)17-26)9-10-23-28(5)18-21(32)24(33)27(3,4)22(28)11-12-30(23,29)7/h9,20-24,33H,10-18H2,1-8H3/t20-,21+,22-,23+,24-,28-,29+,30+,31-/m0/s1. The quantitative estimate of drug-likeness (QED) is 0.228. The third-order valence-electron chi connectivity index (χ3n) is 13.1. The Labute approximate surface area is 218 Å². The summed E-state index contributed by atoms with van der Waals surface area (Å²) in [6.45, 7) is 16.9. The Bertz CT molecular complexity index is 938. The van der Waals surface area contributed by atoms with Crippen molar-refractivity contribution < 1.29 is 14.6 Å². The van der Waals surface area contributed by atoms with Crippen molar-refractivity contribution in [2.24, 2.45) is 50.2 Å². The molecule has 0 bridgehead atoms. The minimum atomic E-state index is -0.447. The number of aliphatic hydroxyl groups excluding tert-OH is 1. The van der Waals surface area contributed by atoms with Crippen molar-refractivity contribution in [3.63, 3.8) is 0 Å². The predicted molar refractivity (Wildman–Crippen MR) is 142 cm³/mol. The highest BCUT2D eigenvalue weighted by Gasteiger charge is 2.70. The van der Waals surface area contributed by atoms with Gasteiger partial charge in [0, 0.05) is 0 Å². The summed E-state index contributed by atoms with van der Waals surface area (Å²) in [6.07, 6.45) is 11.6. The number of ether oxygens (including phenoxy) is 1. The van der Waals surface area contributed by atoms with E-state index in [-0.39, 0.29) is 49.8 Å². The van der Waals surface area contributed by atoms with E-state index in [1.807, 2.05) is 0 Å². The smallest absolute Gasteiger partial charge is 0.312 e. The summed E-state index contributed by atoms with van der Waals surface area (Å²) in [5.74, 6) is 1.32. The van der Waals surface area contributed by atoms with Crippen LogP contribution in [0.3, 0.4) is 0 Å². The minimum absolute atomic E-state index is 0.0249. The van der Waals surface area contributed by atoms with Gasteiger partial charge in [0.1, 0.15) is 0 Å². The summed E-state index contributed by atoms with van der Waals surface area (Å²) in [4.78, 5) is 13.4. The van der Waals surface area contributed by atoms with Gasteiger partial charge < -0.3 is 9.84 Å². The molecule has 3 nitrogen and oxygen atoms in total. The second-order valence-corrected chi connectivity index (χ2v) is 15.9. The van der Waals surface area contributed by atoms with E-state index in [4.69, 9.17) is 16.3 Å². The van der Waals surface area contributed by atoms with Crippen LogP contribution >= 0.6 is 11.6 Å². The summed E-state index contributed by atoms with van der Waals surface area (Å²) < 4.78 is 5.49. The van der Waals surface area contributed by atoms with Crippen LogP contribution < -0.4 is 0 Å². The summed E-state index contributed by atoms with van der Waals surface area (Å²) >= 11 is 6.88. The monoisotopic (exact) mass is 504 g/mol. The highest BCUT2D eigenvalue weighted by Crippen LogP contribution is 2.76. The first-order valence-corrected chi connectivity index (χ1v) is 14.6. The second kappa shape index (κ2) is 7.75. The summed E-state index contributed by atoms with van der Waals surface area (Å²) in [6, 6.07) is 0. The van der Waals surface area contributed by atoms with E-state index in [9.17, 15) is 9.90 Å². The first-order chi connectivity index (χ1) is 16.1. The number of carbonyl (C=O) groups excluding carboxylic acids is 1. The van der Waals surface area contributed by atoms with Crippen LogP contribution in [0.5, 0.6) is 0 Å². The molecule has 35 heavy (non-hydrogen) atoms. The lowest BCUT2D eigenvalue weighted by atomic mass is 9.33. The summed E-state index contributed by atoms with van der Waals surface area (Å²) in [7, 11) is 1.58. The fourth-order valence-electron chi connectivity index (χ4n) is 10.9. The van der Waals surface area contributed by atoms with Crippen LogP contribution in [0.2, 0.25) is 0 Å². The van der Waals surface area contributed by atoms with Gasteiger partial charge in [-0.2, -0.15) is 0 Å². The molecule has 0 aromatic rings. The molecular formula is C31H49ClO3. The molecule has 5 aliphatic rings. The lowest BCUT2D eigenvalue weighted by Crippen LogP contribution is -2.66. The van der Waals surface area contributed by atoms with Crippen molar-refractivity contribution in [1.29, 1.82) is 0 Å². The number of esters is 1. The molecule has 0 aromatic heterocycles. The summed E-state index contributed by atoms with van der Waals surface area (Å²) in [5.41, 5.74) is 1.65. The van der Waals surface area contributed by atoms with Crippen LogP contribution in [-0.4, -0.2) is 29.7 Å². The van der Waals surface area contributed by atoms with Crippen LogP contribution in [0.1, 0.15) is 106 Å². The molecule has 198 valence electrons. The number of carbonyl (C=O) groups is 1. The average Bonchev–Trinajstić information content (AvgIpc) is 2.77. The molecule has 0 saturated heterocycles. The van der Waals surface area contributed by atoms with E-state index >= 15 is 0 Å². The number of rotatable bonds is 1. The molecule has 0 spiro atoms. The molecule has 0 heterocycles. The number of halogens is 1. The lowest BCUT2D eigenvalue weighted by Gasteiger charge is -2.71. The van der Waals surface area contributed by atoms with Crippen molar-refractivity contribution in [2.75, 3.05) is 7.11 Å². The number of hydrogen-bond donors (Lipinski definition) is 1. The highest BCUT2D eigenvalue weighted by atomic mass is 35.5. The fourth-order valence-corrected chi connectivity index (χ4v) is 11.5. The molecule has 0 aliphatic heterocycles. The molecule has 4 fully saturated rings. The molecule has 9 atom stereocenters. The Kier molecular flexibility index (Phi) is 5.77. The molecule has 5 rings (SSSR count). The van der Waals surface area contributed by atoms with Crippen molar-refractivity contribution in [2.45, 2.75) is 118 Å². The largest absolute Gasteiger partial charge is 0.469 e. The Balaban J connectivity index is 1.61. The molecule has 0 radical (unpaired) electrons. The Hall–Kier alpha value is -0.540. The number of aliphatic hydroxyl groups is 1. The van der Waals surface area contributed by atoms with E-state index < -0.39 is 6.10 Å². The van der Waals surface area contributed by atoms with Crippen molar-refractivity contribution >= 4 is 17.6 Å². The van der Waals surface area contributed by atoms with Gasteiger partial charge in [-0.3, -0.25) is 4.79 Å². The second-order valence-electron chi connectivity index (χ2n) is 15.3. The molecule has 1 N–H and O–H groups in total. The molecule has 0 aromatic carbocycles. The van der Waals surface area contributed by atoms with Gasteiger partial charge in [0.25, 0.3) is 0 Å². The molecule has 0 amide bonds. The van der Waals surface area contributed by atoms with Crippen LogP contribution in [0.25, 0.3) is 0 Å². The molecule has 4 saturated carbocycles. The zero-order valence-electron chi connectivity index (χ0n) is 23.5. The lowest BCUT2D eigenvalue weighted by molar-refractivity contribution is -0.204. The van der Waals surface area contributed by atoms with Gasteiger partial charge in [0.2, 0.25) is 0 Å². The van der Waals surface area contributed by atoms with Gasteiger partial charge in [-0.15, -0.1) is 11.6 Å². The molecule has 0 unspecified atom stereocenters. The maximum atomic E-state index is 13.4. The van der Waals surface area contributed by atoms with Gasteiger partial charge in [0.05, 0.1) is 24.0 Å². The van der Waals surface area contributed by atoms with Crippen LogP contribution in [-0.2, 0) is 9.53 Å². The zero-order valence-corrected chi connectivity index (χ0v) is 24.2. The highest BCUT2D eigenvalue weighted by molar-refractivity contribution is 6.21. The first-order valence-electron chi connectivity index (χ1n) is 14.2. The zero-order chi connectivity index (χ0) is 25.8. The fraction of sp³-hybridized carbons (Fsp3) is 0.903. The van der Waals surface area contributed by atoms with Crippen molar-refractivity contribution in [3.05, 3.63) is 11.6 Å². The Morgan fingerprint density at radius 1 is 0.971 bits per heavy atom. The minimum Gasteiger partial charge on any atom is -0.469 e. The van der Waals surface area contributed by atoms with Gasteiger partial charge in [-0.05, 0) is 103 Å². The van der Waals surface area contributed by atoms with E-state index in [1.165, 1.54) is 6.42 Å².